The van der Waals surface area contributed by atoms with Crippen LogP contribution < -0.4 is 29.5 Å². The fraction of sp³-hybridized carbons (Fsp3) is 0.143. The largest absolute Gasteiger partial charge is 0.486 e. The molecule has 0 radical (unpaired) electrons. The Balaban J connectivity index is 1.58. The van der Waals surface area contributed by atoms with Crippen molar-refractivity contribution in [1.82, 2.24) is 4.98 Å². The van der Waals surface area contributed by atoms with Crippen molar-refractivity contribution in [2.75, 3.05) is 18.5 Å². The maximum Gasteiger partial charge on any atom is 0.266 e. The second kappa shape index (κ2) is 7.74. The van der Waals surface area contributed by atoms with Crippen LogP contribution >= 0.6 is 11.3 Å². The third kappa shape index (κ3) is 4.15. The van der Waals surface area contributed by atoms with Gasteiger partial charge in [-0.15, -0.1) is 11.3 Å². The standard InChI is InChI=1S/C21H18N2O4S/c1-13-2-5-15(6-3-13)22-19(24)12-20-23-21(25)18(28-20)11-14-4-7-16-17(10-14)27-9-8-26-16/h2-7,10-12H,8-9H2,1H3,(H,22,24)(H,23,25). The third-order valence-corrected chi connectivity index (χ3v) is 5.09. The Labute approximate surface area is 164 Å². The highest BCUT2D eigenvalue weighted by atomic mass is 32.1. The lowest BCUT2D eigenvalue weighted by atomic mass is 10.2. The van der Waals surface area contributed by atoms with Gasteiger partial charge in [-0.2, -0.15) is 0 Å². The molecular weight excluding hydrogens is 376 g/mol. The lowest BCUT2D eigenvalue weighted by molar-refractivity contribution is -0.110. The summed E-state index contributed by atoms with van der Waals surface area (Å²) in [5.41, 5.74) is 2.40. The van der Waals surface area contributed by atoms with Gasteiger partial charge in [0.25, 0.3) is 11.5 Å². The number of amides is 1. The number of fused-ring (bicyclic) bond motifs is 1. The molecule has 6 nitrogen and oxygen atoms in total. The smallest absolute Gasteiger partial charge is 0.266 e. The molecule has 0 saturated carbocycles. The van der Waals surface area contributed by atoms with Gasteiger partial charge in [-0.3, -0.25) is 9.59 Å². The van der Waals surface area contributed by atoms with Crippen molar-refractivity contribution in [1.29, 1.82) is 0 Å². The van der Waals surface area contributed by atoms with E-state index in [0.717, 1.165) is 11.1 Å². The number of aromatic nitrogens is 1. The molecule has 1 aliphatic rings. The molecule has 0 atom stereocenters. The number of aryl methyl sites for hydroxylation is 1. The molecule has 0 unspecified atom stereocenters. The Morgan fingerprint density at radius 1 is 1.11 bits per heavy atom. The molecule has 1 aromatic heterocycles. The molecule has 1 aliphatic heterocycles. The van der Waals surface area contributed by atoms with E-state index >= 15 is 0 Å². The molecule has 4 rings (SSSR count). The van der Waals surface area contributed by atoms with Gasteiger partial charge in [-0.05, 0) is 42.8 Å². The minimum absolute atomic E-state index is 0.241. The molecule has 2 heterocycles. The Morgan fingerprint density at radius 3 is 2.64 bits per heavy atom. The molecule has 7 heteroatoms. The minimum atomic E-state index is -0.299. The average molecular weight is 394 g/mol. The van der Waals surface area contributed by atoms with Gasteiger partial charge >= 0.3 is 0 Å². The van der Waals surface area contributed by atoms with Crippen molar-refractivity contribution in [2.24, 2.45) is 0 Å². The van der Waals surface area contributed by atoms with E-state index in [2.05, 4.69) is 10.3 Å². The Morgan fingerprint density at radius 2 is 1.86 bits per heavy atom. The first-order valence-corrected chi connectivity index (χ1v) is 9.58. The monoisotopic (exact) mass is 394 g/mol. The lowest BCUT2D eigenvalue weighted by Crippen LogP contribution is -2.20. The average Bonchev–Trinajstić information content (AvgIpc) is 3.02. The number of hydrogen-bond donors (Lipinski definition) is 2. The highest BCUT2D eigenvalue weighted by Crippen LogP contribution is 2.30. The molecular formula is C21H18N2O4S. The number of aromatic amines is 1. The van der Waals surface area contributed by atoms with Gasteiger partial charge < -0.3 is 19.8 Å². The molecule has 0 spiro atoms. The zero-order chi connectivity index (χ0) is 19.5. The first-order chi connectivity index (χ1) is 13.6. The number of hydrogen-bond acceptors (Lipinski definition) is 5. The van der Waals surface area contributed by atoms with Crippen molar-refractivity contribution in [3.63, 3.8) is 0 Å². The Kier molecular flexibility index (Phi) is 4.99. The van der Waals surface area contributed by atoms with Crippen molar-refractivity contribution in [3.05, 3.63) is 73.1 Å². The molecule has 1 amide bonds. The predicted molar refractivity (Wildman–Crippen MR) is 109 cm³/mol. The van der Waals surface area contributed by atoms with Crippen LogP contribution in [0.3, 0.4) is 0 Å². The van der Waals surface area contributed by atoms with Crippen LogP contribution in [0.25, 0.3) is 12.2 Å². The Bertz CT molecular complexity index is 1190. The van der Waals surface area contributed by atoms with E-state index in [1.807, 2.05) is 49.4 Å². The molecule has 2 N–H and O–H groups in total. The van der Waals surface area contributed by atoms with E-state index in [4.69, 9.17) is 9.47 Å². The summed E-state index contributed by atoms with van der Waals surface area (Å²) in [5.74, 6) is 1.06. The maximum absolute atomic E-state index is 12.2. The van der Waals surface area contributed by atoms with Crippen molar-refractivity contribution in [3.8, 4) is 11.5 Å². The number of carbonyl (C=O) groups excluding carboxylic acids is 1. The minimum Gasteiger partial charge on any atom is -0.486 e. The van der Waals surface area contributed by atoms with Crippen LogP contribution in [0.4, 0.5) is 5.69 Å². The van der Waals surface area contributed by atoms with Gasteiger partial charge in [0.15, 0.2) is 11.5 Å². The second-order valence-electron chi connectivity index (χ2n) is 6.33. The highest BCUT2D eigenvalue weighted by molar-refractivity contribution is 7.07. The van der Waals surface area contributed by atoms with Crippen LogP contribution in [0.2, 0.25) is 0 Å². The zero-order valence-corrected chi connectivity index (χ0v) is 16.0. The van der Waals surface area contributed by atoms with Gasteiger partial charge in [0.1, 0.15) is 17.9 Å². The molecule has 2 aromatic carbocycles. The SMILES string of the molecule is Cc1ccc(NC(=O)C=c2[nH]c(=O)c(=Cc3ccc4c(c3)OCCO4)s2)cc1. The molecule has 0 saturated heterocycles. The summed E-state index contributed by atoms with van der Waals surface area (Å²) in [7, 11) is 0. The first-order valence-electron chi connectivity index (χ1n) is 8.77. The zero-order valence-electron chi connectivity index (χ0n) is 15.2. The van der Waals surface area contributed by atoms with Gasteiger partial charge in [0, 0.05) is 11.8 Å². The number of thiazole rings is 1. The fourth-order valence-corrected chi connectivity index (χ4v) is 3.65. The fourth-order valence-electron chi connectivity index (χ4n) is 2.76. The van der Waals surface area contributed by atoms with Gasteiger partial charge in [-0.1, -0.05) is 23.8 Å². The summed E-state index contributed by atoms with van der Waals surface area (Å²) in [6.07, 6.45) is 3.14. The molecule has 3 aromatic rings. The summed E-state index contributed by atoms with van der Waals surface area (Å²) in [5, 5.41) is 2.78. The lowest BCUT2D eigenvalue weighted by Gasteiger charge is -2.18. The first kappa shape index (κ1) is 18.1. The molecule has 0 aliphatic carbocycles. The summed E-state index contributed by atoms with van der Waals surface area (Å²) in [4.78, 5) is 27.1. The maximum atomic E-state index is 12.2. The number of anilines is 1. The van der Waals surface area contributed by atoms with Crippen LogP contribution in [0.5, 0.6) is 11.5 Å². The molecule has 142 valence electrons. The van der Waals surface area contributed by atoms with Crippen LogP contribution in [0, 0.1) is 6.92 Å². The van der Waals surface area contributed by atoms with E-state index in [9.17, 15) is 9.59 Å². The number of rotatable bonds is 3. The summed E-state index contributed by atoms with van der Waals surface area (Å²) >= 11 is 1.22. The molecule has 0 bridgehead atoms. The summed E-state index contributed by atoms with van der Waals surface area (Å²) in [6, 6.07) is 13.0. The third-order valence-electron chi connectivity index (χ3n) is 4.13. The van der Waals surface area contributed by atoms with Crippen molar-refractivity contribution < 1.29 is 14.3 Å². The van der Waals surface area contributed by atoms with E-state index in [1.54, 1.807) is 6.08 Å². The number of nitrogens with one attached hydrogen (secondary N) is 2. The Hall–Kier alpha value is -3.32. The van der Waals surface area contributed by atoms with E-state index in [0.29, 0.717) is 39.6 Å². The van der Waals surface area contributed by atoms with Gasteiger partial charge in [-0.25, -0.2) is 0 Å². The number of ether oxygens (including phenoxy) is 2. The molecule has 28 heavy (non-hydrogen) atoms. The second-order valence-corrected chi connectivity index (χ2v) is 7.42. The van der Waals surface area contributed by atoms with Crippen LogP contribution in [0.1, 0.15) is 11.1 Å². The van der Waals surface area contributed by atoms with Crippen LogP contribution in [-0.2, 0) is 4.79 Å². The molecule has 0 fully saturated rings. The normalized spacial score (nSPS) is 14.2. The van der Waals surface area contributed by atoms with Gasteiger partial charge in [0.05, 0.1) is 4.53 Å². The van der Waals surface area contributed by atoms with Crippen LogP contribution in [-0.4, -0.2) is 24.1 Å². The summed E-state index contributed by atoms with van der Waals surface area (Å²) in [6.45, 7) is 3.02. The number of benzene rings is 2. The van der Waals surface area contributed by atoms with E-state index in [-0.39, 0.29) is 11.5 Å². The quantitative estimate of drug-likeness (QED) is 0.710. The van der Waals surface area contributed by atoms with Crippen molar-refractivity contribution in [2.45, 2.75) is 6.92 Å². The van der Waals surface area contributed by atoms with Gasteiger partial charge in [0.2, 0.25) is 0 Å². The topological polar surface area (TPSA) is 80.4 Å². The highest BCUT2D eigenvalue weighted by Gasteiger charge is 2.11. The summed E-state index contributed by atoms with van der Waals surface area (Å²) < 4.78 is 12.1. The van der Waals surface area contributed by atoms with E-state index < -0.39 is 0 Å². The predicted octanol–water partition coefficient (Wildman–Crippen LogP) is 1.76. The van der Waals surface area contributed by atoms with Crippen LogP contribution in [0.15, 0.2) is 47.3 Å². The number of carbonyl (C=O) groups is 1. The van der Waals surface area contributed by atoms with E-state index in [1.165, 1.54) is 17.4 Å². The van der Waals surface area contributed by atoms with Crippen molar-refractivity contribution >= 4 is 35.1 Å². The number of H-pyrrole nitrogens is 1.